The van der Waals surface area contributed by atoms with Gasteiger partial charge in [-0.15, -0.1) is 0 Å². The Morgan fingerprint density at radius 2 is 1.34 bits per heavy atom. The quantitative estimate of drug-likeness (QED) is 0.117. The lowest BCUT2D eigenvalue weighted by Gasteiger charge is -2.45. The largest absolute Gasteiger partial charge is 0.462 e. The topological polar surface area (TPSA) is 337 Å². The van der Waals surface area contributed by atoms with Crippen molar-refractivity contribution >= 4 is 11.9 Å². The Kier molecular flexibility index (Phi) is 26.1. The zero-order valence-corrected chi connectivity index (χ0v) is 38.6. The maximum Gasteiger partial charge on any atom is 0.308 e. The Morgan fingerprint density at radius 3 is 1.97 bits per heavy atom. The van der Waals surface area contributed by atoms with Crippen LogP contribution < -0.4 is 16.8 Å². The van der Waals surface area contributed by atoms with Gasteiger partial charge in [-0.2, -0.15) is 0 Å². The number of ether oxygens (including phenoxy) is 4. The number of fused-ring (bicyclic) bond motifs is 2. The lowest BCUT2D eigenvalue weighted by molar-refractivity contribution is -0.304. The fourth-order valence-corrected chi connectivity index (χ4v) is 7.94. The van der Waals surface area contributed by atoms with E-state index >= 15 is 0 Å². The van der Waals surface area contributed by atoms with Crippen LogP contribution in [0.1, 0.15) is 78.1 Å². The molecular formula is C48H77N3O16. The van der Waals surface area contributed by atoms with E-state index < -0.39 is 135 Å². The molecule has 3 aliphatic heterocycles. The van der Waals surface area contributed by atoms with Crippen molar-refractivity contribution in [2.24, 2.45) is 23.3 Å². The first-order valence-corrected chi connectivity index (χ1v) is 23.2. The SMILES string of the molecule is C[C@H]1C[C@H](O)[C@@H](C)/C=C/C=C/C=C/C=C/C=C/C=C/C=C/C(O[C@@H]2OC[C@@H](O)[C@H](N)[C@@H]2O)C[C@@H]2OC(O)(CC(O)C[C@@H](O)[C@H](O)CCC(O)CC(O)CC(=O)O1)C[C@H](O)[C@H]2C(=O)NCCCN. The summed E-state index contributed by atoms with van der Waals surface area (Å²) < 4.78 is 23.2. The summed E-state index contributed by atoms with van der Waals surface area (Å²) in [6, 6.07) is -1.11. The summed E-state index contributed by atoms with van der Waals surface area (Å²) in [4.78, 5) is 26.1. The molecule has 3 rings (SSSR count). The fraction of sp³-hybridized carbons (Fsp3) is 0.667. The number of aliphatic hydroxyl groups is 10. The average Bonchev–Trinajstić information content (AvgIpc) is 3.24. The first-order chi connectivity index (χ1) is 31.8. The Morgan fingerprint density at radius 1 is 0.731 bits per heavy atom. The van der Waals surface area contributed by atoms with Gasteiger partial charge in [0.15, 0.2) is 12.1 Å². The molecule has 1 amide bonds. The van der Waals surface area contributed by atoms with Crippen LogP contribution in [-0.4, -0.2) is 174 Å². The number of hydrogen-bond acceptors (Lipinski definition) is 18. The van der Waals surface area contributed by atoms with Crippen molar-refractivity contribution in [1.29, 1.82) is 0 Å². The average molecular weight is 952 g/mol. The van der Waals surface area contributed by atoms with Gasteiger partial charge >= 0.3 is 5.97 Å². The van der Waals surface area contributed by atoms with E-state index in [1.807, 2.05) is 37.3 Å². The Bertz CT molecular complexity index is 1670. The first kappa shape index (κ1) is 57.8. The number of carbonyl (C=O) groups excluding carboxylic acids is 2. The molecule has 3 aliphatic rings. The highest BCUT2D eigenvalue weighted by Gasteiger charge is 2.50. The van der Waals surface area contributed by atoms with Crippen LogP contribution in [0.15, 0.2) is 85.1 Å². The van der Waals surface area contributed by atoms with Crippen LogP contribution in [0, 0.1) is 11.8 Å². The molecule has 67 heavy (non-hydrogen) atoms. The molecule has 19 heteroatoms. The lowest BCUT2D eigenvalue weighted by atomic mass is 9.82. The van der Waals surface area contributed by atoms with Crippen LogP contribution in [-0.2, 0) is 28.5 Å². The third-order valence-electron chi connectivity index (χ3n) is 11.7. The van der Waals surface area contributed by atoms with Crippen molar-refractivity contribution in [3.63, 3.8) is 0 Å². The number of hydrogen-bond donors (Lipinski definition) is 13. The molecule has 15 N–H and O–H groups in total. The van der Waals surface area contributed by atoms with Crippen LogP contribution in [0.5, 0.6) is 0 Å². The smallest absolute Gasteiger partial charge is 0.308 e. The molecule has 0 aliphatic carbocycles. The van der Waals surface area contributed by atoms with Crippen molar-refractivity contribution in [2.75, 3.05) is 19.7 Å². The summed E-state index contributed by atoms with van der Waals surface area (Å²) >= 11 is 0. The zero-order chi connectivity index (χ0) is 49.5. The van der Waals surface area contributed by atoms with E-state index in [0.29, 0.717) is 6.42 Å². The molecule has 5 unspecified atom stereocenters. The minimum Gasteiger partial charge on any atom is -0.462 e. The molecule has 0 radical (unpaired) electrons. The summed E-state index contributed by atoms with van der Waals surface area (Å²) in [7, 11) is 0. The van der Waals surface area contributed by atoms with Gasteiger partial charge in [-0.3, -0.25) is 9.59 Å². The van der Waals surface area contributed by atoms with Crippen molar-refractivity contribution in [1.82, 2.24) is 5.32 Å². The van der Waals surface area contributed by atoms with Crippen molar-refractivity contribution in [2.45, 2.75) is 169 Å². The molecule has 0 aromatic carbocycles. The van der Waals surface area contributed by atoms with Gasteiger partial charge < -0.3 is 86.8 Å². The van der Waals surface area contributed by atoms with Crippen molar-refractivity contribution in [3.8, 4) is 0 Å². The highest BCUT2D eigenvalue weighted by atomic mass is 16.7. The van der Waals surface area contributed by atoms with Gasteiger partial charge in [0, 0.05) is 44.6 Å². The normalized spacial score (nSPS) is 42.2. The molecule has 2 bridgehead atoms. The van der Waals surface area contributed by atoms with Crippen LogP contribution >= 0.6 is 0 Å². The number of allylic oxidation sites excluding steroid dienone is 12. The number of esters is 1. The van der Waals surface area contributed by atoms with Gasteiger partial charge in [-0.1, -0.05) is 92.0 Å². The second-order valence-corrected chi connectivity index (χ2v) is 17.8. The number of nitrogens with one attached hydrogen (secondary N) is 1. The third-order valence-corrected chi connectivity index (χ3v) is 11.7. The highest BCUT2D eigenvalue weighted by molar-refractivity contribution is 5.80. The van der Waals surface area contributed by atoms with Gasteiger partial charge in [-0.05, 0) is 39.2 Å². The standard InChI is InChI=1S/C48H77N3O16/c1-30-16-13-11-9-7-5-3-4-6-8-10-12-14-17-35(66-47-45(61)44(50)40(59)29-64-47)26-41-43(46(62)51-21-15-20-49)39(58)28-48(63,67-41)27-34(54)24-38(57)36(55)19-18-32(52)23-33(53)25-42(60)65-31(2)22-37(30)56/h3-14,16-17,30-41,43-45,47,52-59,61,63H,15,18-29,49-50H2,1-2H3,(H,51,62)/b4-3+,7-5+,8-6+,11-9+,12-10+,16-13+,17-14+/t30-,31-,32?,33?,34?,35?,36+,37-,38+,39-,40+,41-,43+,44-,45-,47-,48?/m0/s1. The summed E-state index contributed by atoms with van der Waals surface area (Å²) in [5, 5.41) is 111. The summed E-state index contributed by atoms with van der Waals surface area (Å²) in [6.07, 6.45) is 6.32. The van der Waals surface area contributed by atoms with Gasteiger partial charge in [0.2, 0.25) is 5.91 Å². The maximum absolute atomic E-state index is 13.6. The molecule has 2 saturated heterocycles. The minimum absolute atomic E-state index is 0.0910. The molecular weight excluding hydrogens is 875 g/mol. The molecule has 19 nitrogen and oxygen atoms in total. The summed E-state index contributed by atoms with van der Waals surface area (Å²) in [5.74, 6) is -5.11. The van der Waals surface area contributed by atoms with Crippen LogP contribution in [0.3, 0.4) is 0 Å². The summed E-state index contributed by atoms with van der Waals surface area (Å²) in [5.41, 5.74) is 11.6. The molecule has 0 aromatic rings. The molecule has 0 saturated carbocycles. The van der Waals surface area contributed by atoms with Gasteiger partial charge in [0.05, 0.1) is 86.0 Å². The van der Waals surface area contributed by atoms with Crippen molar-refractivity contribution in [3.05, 3.63) is 85.1 Å². The molecule has 3 heterocycles. The summed E-state index contributed by atoms with van der Waals surface area (Å²) in [6.45, 7) is 3.68. The second-order valence-electron chi connectivity index (χ2n) is 17.8. The molecule has 0 spiro atoms. The predicted molar refractivity (Wildman–Crippen MR) is 247 cm³/mol. The minimum atomic E-state index is -2.26. The van der Waals surface area contributed by atoms with E-state index in [9.17, 15) is 60.7 Å². The number of nitrogens with two attached hydrogens (primary N) is 2. The fourth-order valence-electron chi connectivity index (χ4n) is 7.94. The van der Waals surface area contributed by atoms with E-state index in [4.69, 9.17) is 30.4 Å². The molecule has 380 valence electrons. The third kappa shape index (κ3) is 21.4. The van der Waals surface area contributed by atoms with E-state index in [2.05, 4.69) is 5.32 Å². The number of rotatable bonds is 6. The Labute approximate surface area is 393 Å². The molecule has 2 fully saturated rings. The van der Waals surface area contributed by atoms with Crippen LogP contribution in [0.4, 0.5) is 0 Å². The number of amides is 1. The monoisotopic (exact) mass is 952 g/mol. The maximum atomic E-state index is 13.6. The van der Waals surface area contributed by atoms with E-state index in [1.54, 1.807) is 61.6 Å². The number of cyclic esters (lactones) is 1. The van der Waals surface area contributed by atoms with E-state index in [-0.39, 0.29) is 57.7 Å². The van der Waals surface area contributed by atoms with Gasteiger partial charge in [0.25, 0.3) is 0 Å². The van der Waals surface area contributed by atoms with Gasteiger partial charge in [0.1, 0.15) is 12.2 Å². The van der Waals surface area contributed by atoms with Gasteiger partial charge in [-0.25, -0.2) is 0 Å². The predicted octanol–water partition coefficient (Wildman–Crippen LogP) is -0.542. The van der Waals surface area contributed by atoms with Crippen LogP contribution in [0.2, 0.25) is 0 Å². The number of aliphatic hydroxyl groups excluding tert-OH is 9. The lowest BCUT2D eigenvalue weighted by Crippen LogP contribution is -2.59. The second kappa shape index (κ2) is 30.2. The van der Waals surface area contributed by atoms with E-state index in [1.165, 1.54) is 0 Å². The number of carbonyl (C=O) groups is 2. The first-order valence-electron chi connectivity index (χ1n) is 23.2. The zero-order valence-electron chi connectivity index (χ0n) is 38.6. The molecule has 17 atom stereocenters. The molecule has 0 aromatic heterocycles. The van der Waals surface area contributed by atoms with Crippen LogP contribution in [0.25, 0.3) is 0 Å². The van der Waals surface area contributed by atoms with Crippen molar-refractivity contribution < 1.29 is 79.6 Å². The highest BCUT2D eigenvalue weighted by Crippen LogP contribution is 2.38. The Hall–Kier alpha value is -3.48. The van der Waals surface area contributed by atoms with E-state index in [0.717, 1.165) is 0 Å². The Balaban J connectivity index is 1.89.